The summed E-state index contributed by atoms with van der Waals surface area (Å²) in [6, 6.07) is 6.60. The van der Waals surface area contributed by atoms with Gasteiger partial charge in [0.05, 0.1) is 23.4 Å². The highest BCUT2D eigenvalue weighted by Gasteiger charge is 2.28. The lowest BCUT2D eigenvalue weighted by Crippen LogP contribution is -2.47. The van der Waals surface area contributed by atoms with Crippen LogP contribution in [0.25, 0.3) is 0 Å². The van der Waals surface area contributed by atoms with Crippen LogP contribution >= 0.6 is 0 Å². The second kappa shape index (κ2) is 7.26. The van der Waals surface area contributed by atoms with E-state index in [0.29, 0.717) is 50.1 Å². The minimum Gasteiger partial charge on any atom is -0.366 e. The first-order valence-electron chi connectivity index (χ1n) is 8.91. The van der Waals surface area contributed by atoms with Gasteiger partial charge in [0.15, 0.2) is 15.7 Å². The zero-order valence-corrected chi connectivity index (χ0v) is 15.6. The Kier molecular flexibility index (Phi) is 4.81. The van der Waals surface area contributed by atoms with Gasteiger partial charge in [-0.1, -0.05) is 12.1 Å². The van der Waals surface area contributed by atoms with E-state index in [1.165, 1.54) is 6.07 Å². The molecule has 2 aliphatic heterocycles. The third kappa shape index (κ3) is 4.10. The summed E-state index contributed by atoms with van der Waals surface area (Å²) in [7, 11) is -2.97. The van der Waals surface area contributed by atoms with Crippen LogP contribution in [0.4, 0.5) is 21.8 Å². The topological polar surface area (TPSA) is 91.3 Å². The standard InChI is InChI=1S/C17H21FN6O2S/c18-14-3-1-2-4-15(14)23-6-8-24(9-7-23)16-11-19-22-17(21-16)20-13-5-10-27(25,26)12-13/h1-4,11,13H,5-10,12H2,(H,20,21,22). The number of nitrogens with one attached hydrogen (secondary N) is 1. The molecule has 3 heterocycles. The third-order valence-corrected chi connectivity index (χ3v) is 6.68. The van der Waals surface area contributed by atoms with Crippen molar-refractivity contribution < 1.29 is 12.8 Å². The number of nitrogens with zero attached hydrogens (tertiary/aromatic N) is 5. The van der Waals surface area contributed by atoms with Gasteiger partial charge in [-0.15, -0.1) is 5.10 Å². The summed E-state index contributed by atoms with van der Waals surface area (Å²) in [6.07, 6.45) is 2.15. The molecule has 0 saturated carbocycles. The van der Waals surface area contributed by atoms with E-state index < -0.39 is 9.84 Å². The molecule has 4 rings (SSSR count). The van der Waals surface area contributed by atoms with Crippen LogP contribution in [-0.2, 0) is 9.84 Å². The molecule has 0 amide bonds. The Balaban J connectivity index is 1.39. The van der Waals surface area contributed by atoms with Crippen LogP contribution < -0.4 is 15.1 Å². The van der Waals surface area contributed by atoms with Gasteiger partial charge in [0.2, 0.25) is 5.95 Å². The van der Waals surface area contributed by atoms with Crippen LogP contribution in [0.5, 0.6) is 0 Å². The highest BCUT2D eigenvalue weighted by atomic mass is 32.2. The van der Waals surface area contributed by atoms with Gasteiger partial charge in [-0.2, -0.15) is 10.1 Å². The molecule has 10 heteroatoms. The van der Waals surface area contributed by atoms with Crippen LogP contribution in [0.1, 0.15) is 6.42 Å². The molecule has 2 fully saturated rings. The first-order valence-corrected chi connectivity index (χ1v) is 10.7. The summed E-state index contributed by atoms with van der Waals surface area (Å²) in [5.74, 6) is 1.10. The number of sulfone groups is 1. The van der Waals surface area contributed by atoms with Crippen molar-refractivity contribution >= 4 is 27.3 Å². The first-order chi connectivity index (χ1) is 13.0. The number of halogens is 1. The van der Waals surface area contributed by atoms with Crippen LogP contribution in [0.15, 0.2) is 30.5 Å². The van der Waals surface area contributed by atoms with E-state index in [0.717, 1.165) is 0 Å². The normalized spacial score (nSPS) is 22.0. The molecule has 1 atom stereocenters. The van der Waals surface area contributed by atoms with Gasteiger partial charge < -0.3 is 15.1 Å². The Bertz CT molecular complexity index is 917. The average molecular weight is 392 g/mol. The smallest absolute Gasteiger partial charge is 0.244 e. The van der Waals surface area contributed by atoms with Gasteiger partial charge in [0.25, 0.3) is 0 Å². The highest BCUT2D eigenvalue weighted by Crippen LogP contribution is 2.22. The molecule has 27 heavy (non-hydrogen) atoms. The monoisotopic (exact) mass is 392 g/mol. The van der Waals surface area contributed by atoms with Crippen LogP contribution in [0, 0.1) is 5.82 Å². The number of rotatable bonds is 4. The largest absolute Gasteiger partial charge is 0.366 e. The van der Waals surface area contributed by atoms with Crippen molar-refractivity contribution in [2.45, 2.75) is 12.5 Å². The van der Waals surface area contributed by atoms with Crippen molar-refractivity contribution in [3.05, 3.63) is 36.3 Å². The van der Waals surface area contributed by atoms with Crippen molar-refractivity contribution in [1.29, 1.82) is 0 Å². The Morgan fingerprint density at radius 1 is 1.11 bits per heavy atom. The van der Waals surface area contributed by atoms with Gasteiger partial charge >= 0.3 is 0 Å². The summed E-state index contributed by atoms with van der Waals surface area (Å²) in [6.45, 7) is 2.72. The Labute approximate surface area is 157 Å². The lowest BCUT2D eigenvalue weighted by Gasteiger charge is -2.36. The fourth-order valence-corrected chi connectivity index (χ4v) is 5.16. The Hall–Kier alpha value is -2.49. The maximum atomic E-state index is 14.0. The molecular formula is C17H21FN6O2S. The van der Waals surface area contributed by atoms with E-state index in [9.17, 15) is 12.8 Å². The highest BCUT2D eigenvalue weighted by molar-refractivity contribution is 7.91. The van der Waals surface area contributed by atoms with Crippen molar-refractivity contribution in [2.75, 3.05) is 52.8 Å². The SMILES string of the molecule is O=S1(=O)CCC(Nc2nncc(N3CCN(c4ccccc4F)CC3)n2)C1. The van der Waals surface area contributed by atoms with Crippen LogP contribution in [0.3, 0.4) is 0 Å². The summed E-state index contributed by atoms with van der Waals surface area (Å²) in [5, 5.41) is 11.0. The molecule has 0 bridgehead atoms. The number of hydrogen-bond donors (Lipinski definition) is 1. The summed E-state index contributed by atoms with van der Waals surface area (Å²) < 4.78 is 37.1. The Morgan fingerprint density at radius 3 is 2.56 bits per heavy atom. The van der Waals surface area contributed by atoms with Crippen molar-refractivity contribution in [3.8, 4) is 0 Å². The van der Waals surface area contributed by atoms with E-state index in [-0.39, 0.29) is 23.4 Å². The fourth-order valence-electron chi connectivity index (χ4n) is 3.48. The molecule has 1 N–H and O–H groups in total. The van der Waals surface area contributed by atoms with Gasteiger partial charge in [-0.3, -0.25) is 0 Å². The molecule has 144 valence electrons. The maximum absolute atomic E-state index is 14.0. The van der Waals surface area contributed by atoms with Crippen LogP contribution in [-0.4, -0.2) is 67.3 Å². The van der Waals surface area contributed by atoms with Gasteiger partial charge in [-0.25, -0.2) is 12.8 Å². The second-order valence-electron chi connectivity index (χ2n) is 6.81. The van der Waals surface area contributed by atoms with Gasteiger partial charge in [-0.05, 0) is 18.6 Å². The fraction of sp³-hybridized carbons (Fsp3) is 0.471. The average Bonchev–Trinajstić information content (AvgIpc) is 3.01. The molecule has 0 spiro atoms. The zero-order valence-electron chi connectivity index (χ0n) is 14.8. The predicted molar refractivity (Wildman–Crippen MR) is 101 cm³/mol. The number of piperazine rings is 1. The Morgan fingerprint density at radius 2 is 1.85 bits per heavy atom. The number of benzene rings is 1. The molecule has 2 aromatic rings. The molecule has 8 nitrogen and oxygen atoms in total. The molecule has 1 aromatic carbocycles. The lowest BCUT2D eigenvalue weighted by molar-refractivity contribution is 0.595. The van der Waals surface area contributed by atoms with E-state index in [1.807, 2.05) is 11.0 Å². The molecule has 1 unspecified atom stereocenters. The predicted octanol–water partition coefficient (Wildman–Crippen LogP) is 0.936. The number of para-hydroxylation sites is 1. The number of aromatic nitrogens is 3. The van der Waals surface area contributed by atoms with Crippen molar-refractivity contribution in [3.63, 3.8) is 0 Å². The summed E-state index contributed by atoms with van der Waals surface area (Å²) in [5.41, 5.74) is 0.614. The van der Waals surface area contributed by atoms with Crippen LogP contribution in [0.2, 0.25) is 0 Å². The van der Waals surface area contributed by atoms with E-state index in [2.05, 4.69) is 25.4 Å². The number of anilines is 3. The third-order valence-electron chi connectivity index (χ3n) is 4.91. The lowest BCUT2D eigenvalue weighted by atomic mass is 10.2. The van der Waals surface area contributed by atoms with Gasteiger partial charge in [0.1, 0.15) is 5.82 Å². The van der Waals surface area contributed by atoms with E-state index in [4.69, 9.17) is 0 Å². The molecule has 0 radical (unpaired) electrons. The zero-order chi connectivity index (χ0) is 18.9. The summed E-state index contributed by atoms with van der Waals surface area (Å²) in [4.78, 5) is 8.57. The molecule has 1 aromatic heterocycles. The summed E-state index contributed by atoms with van der Waals surface area (Å²) >= 11 is 0. The van der Waals surface area contributed by atoms with Crippen molar-refractivity contribution in [2.24, 2.45) is 0 Å². The van der Waals surface area contributed by atoms with Gasteiger partial charge in [0, 0.05) is 32.2 Å². The van der Waals surface area contributed by atoms with Crippen molar-refractivity contribution in [1.82, 2.24) is 15.2 Å². The van der Waals surface area contributed by atoms with E-state index in [1.54, 1.807) is 18.3 Å². The maximum Gasteiger partial charge on any atom is 0.244 e. The minimum atomic E-state index is -2.97. The van der Waals surface area contributed by atoms with E-state index >= 15 is 0 Å². The molecule has 0 aliphatic carbocycles. The second-order valence-corrected chi connectivity index (χ2v) is 9.04. The molecular weight excluding hydrogens is 371 g/mol. The number of hydrogen-bond acceptors (Lipinski definition) is 8. The molecule has 2 aliphatic rings. The first kappa shape index (κ1) is 17.9. The molecule has 2 saturated heterocycles. The minimum absolute atomic E-state index is 0.0991. The quantitative estimate of drug-likeness (QED) is 0.822.